The predicted molar refractivity (Wildman–Crippen MR) is 42.8 cm³/mol. The smallest absolute Gasteiger partial charge is 0.303 e. The molecule has 0 saturated heterocycles. The predicted octanol–water partition coefficient (Wildman–Crippen LogP) is 1.21. The molecular formula is C8H14O4. The van der Waals surface area contributed by atoms with Crippen LogP contribution < -0.4 is 0 Å². The molecule has 4 heteroatoms. The maximum atomic E-state index is 10.3. The molecule has 2 N–H and O–H groups in total. The van der Waals surface area contributed by atoms with E-state index >= 15 is 0 Å². The van der Waals surface area contributed by atoms with Crippen LogP contribution in [0, 0.1) is 11.8 Å². The van der Waals surface area contributed by atoms with E-state index in [-0.39, 0.29) is 24.7 Å². The molecule has 70 valence electrons. The molecule has 0 rings (SSSR count). The zero-order valence-corrected chi connectivity index (χ0v) is 7.28. The fourth-order valence-electron chi connectivity index (χ4n) is 0.953. The Bertz CT molecular complexity index is 156. The van der Waals surface area contributed by atoms with E-state index in [1.165, 1.54) is 0 Å². The normalized spacial score (nSPS) is 15.2. The summed E-state index contributed by atoms with van der Waals surface area (Å²) in [6, 6.07) is 0. The first-order chi connectivity index (χ1) is 5.43. The third kappa shape index (κ3) is 4.71. The van der Waals surface area contributed by atoms with E-state index in [4.69, 9.17) is 10.2 Å². The van der Waals surface area contributed by atoms with Gasteiger partial charge in [-0.2, -0.15) is 0 Å². The van der Waals surface area contributed by atoms with Crippen LogP contribution in [0.1, 0.15) is 26.7 Å². The standard InChI is InChI=1S/C8H14O4/c1-5(3-7(9)10)6(2)4-8(11)12/h5-6H,3-4H2,1-2H3,(H,9,10)(H,11,12)/t5-,6-/m1/s1. The van der Waals surface area contributed by atoms with Crippen LogP contribution in [0.5, 0.6) is 0 Å². The molecule has 0 aliphatic carbocycles. The maximum absolute atomic E-state index is 10.3. The number of carbonyl (C=O) groups is 2. The van der Waals surface area contributed by atoms with Gasteiger partial charge in [0.25, 0.3) is 0 Å². The lowest BCUT2D eigenvalue weighted by atomic mass is 9.90. The number of rotatable bonds is 5. The van der Waals surface area contributed by atoms with E-state index in [2.05, 4.69) is 0 Å². The highest BCUT2D eigenvalue weighted by atomic mass is 16.4. The molecule has 4 nitrogen and oxygen atoms in total. The number of aliphatic carboxylic acids is 2. The van der Waals surface area contributed by atoms with Gasteiger partial charge >= 0.3 is 11.9 Å². The Hall–Kier alpha value is -1.06. The highest BCUT2D eigenvalue weighted by molar-refractivity contribution is 5.68. The molecule has 0 unspecified atom stereocenters. The van der Waals surface area contributed by atoms with Gasteiger partial charge in [-0.25, -0.2) is 0 Å². The van der Waals surface area contributed by atoms with E-state index < -0.39 is 11.9 Å². The minimum Gasteiger partial charge on any atom is -0.481 e. The fourth-order valence-corrected chi connectivity index (χ4v) is 0.953. The van der Waals surface area contributed by atoms with Gasteiger partial charge in [-0.05, 0) is 11.8 Å². The minimum atomic E-state index is -0.875. The first-order valence-corrected chi connectivity index (χ1v) is 3.87. The molecule has 0 bridgehead atoms. The van der Waals surface area contributed by atoms with Crippen molar-refractivity contribution in [2.24, 2.45) is 11.8 Å². The van der Waals surface area contributed by atoms with Crippen molar-refractivity contribution >= 4 is 11.9 Å². The Morgan fingerprint density at radius 3 is 1.42 bits per heavy atom. The van der Waals surface area contributed by atoms with Gasteiger partial charge in [-0.15, -0.1) is 0 Å². The average molecular weight is 174 g/mol. The van der Waals surface area contributed by atoms with Crippen molar-refractivity contribution in [3.05, 3.63) is 0 Å². The van der Waals surface area contributed by atoms with Gasteiger partial charge < -0.3 is 10.2 Å². The van der Waals surface area contributed by atoms with Crippen LogP contribution in [0.4, 0.5) is 0 Å². The highest BCUT2D eigenvalue weighted by Crippen LogP contribution is 2.18. The third-order valence-electron chi connectivity index (χ3n) is 1.96. The Morgan fingerprint density at radius 2 is 1.25 bits per heavy atom. The van der Waals surface area contributed by atoms with Crippen molar-refractivity contribution < 1.29 is 19.8 Å². The van der Waals surface area contributed by atoms with Gasteiger partial charge in [0.05, 0.1) is 0 Å². The van der Waals surface area contributed by atoms with Crippen molar-refractivity contribution in [1.82, 2.24) is 0 Å². The van der Waals surface area contributed by atoms with E-state index in [0.717, 1.165) is 0 Å². The summed E-state index contributed by atoms with van der Waals surface area (Å²) >= 11 is 0. The van der Waals surface area contributed by atoms with E-state index in [9.17, 15) is 9.59 Å². The van der Waals surface area contributed by atoms with Crippen LogP contribution in [-0.2, 0) is 9.59 Å². The van der Waals surface area contributed by atoms with Crippen LogP contribution in [0.2, 0.25) is 0 Å². The third-order valence-corrected chi connectivity index (χ3v) is 1.96. The molecule has 0 aromatic carbocycles. The topological polar surface area (TPSA) is 74.6 Å². The van der Waals surface area contributed by atoms with Crippen LogP contribution in [0.3, 0.4) is 0 Å². The first-order valence-electron chi connectivity index (χ1n) is 3.87. The summed E-state index contributed by atoms with van der Waals surface area (Å²) in [6.07, 6.45) is 0.0723. The maximum Gasteiger partial charge on any atom is 0.303 e. The van der Waals surface area contributed by atoms with Crippen molar-refractivity contribution in [1.29, 1.82) is 0 Å². The molecule has 0 aromatic heterocycles. The Kier molecular flexibility index (Phi) is 4.33. The lowest BCUT2D eigenvalue weighted by molar-refractivity contribution is -0.141. The molecule has 2 atom stereocenters. The van der Waals surface area contributed by atoms with Crippen molar-refractivity contribution in [3.63, 3.8) is 0 Å². The first kappa shape index (κ1) is 10.9. The lowest BCUT2D eigenvalue weighted by Gasteiger charge is -2.15. The van der Waals surface area contributed by atoms with Gasteiger partial charge in [-0.1, -0.05) is 13.8 Å². The number of hydrogen-bond acceptors (Lipinski definition) is 2. The van der Waals surface area contributed by atoms with Crippen molar-refractivity contribution in [2.75, 3.05) is 0 Å². The Morgan fingerprint density at radius 1 is 1.00 bits per heavy atom. The van der Waals surface area contributed by atoms with Crippen molar-refractivity contribution in [2.45, 2.75) is 26.7 Å². The quantitative estimate of drug-likeness (QED) is 0.656. The Labute approximate surface area is 71.2 Å². The molecule has 0 aliphatic rings. The summed E-state index contributed by atoms with van der Waals surface area (Å²) < 4.78 is 0. The zero-order valence-electron chi connectivity index (χ0n) is 7.28. The average Bonchev–Trinajstić information content (AvgIpc) is 1.84. The van der Waals surface area contributed by atoms with Gasteiger partial charge in [0.2, 0.25) is 0 Å². The second-order valence-corrected chi connectivity index (χ2v) is 3.15. The fraction of sp³-hybridized carbons (Fsp3) is 0.750. The second kappa shape index (κ2) is 4.74. The largest absolute Gasteiger partial charge is 0.481 e. The van der Waals surface area contributed by atoms with Crippen molar-refractivity contribution in [3.8, 4) is 0 Å². The molecule has 0 saturated carbocycles. The second-order valence-electron chi connectivity index (χ2n) is 3.15. The summed E-state index contributed by atoms with van der Waals surface area (Å²) in [5.74, 6) is -1.92. The van der Waals surface area contributed by atoms with Crippen LogP contribution in [0.15, 0.2) is 0 Å². The zero-order chi connectivity index (χ0) is 9.72. The SMILES string of the molecule is C[C@H](CC(=O)O)[C@H](C)CC(=O)O. The van der Waals surface area contributed by atoms with Crippen LogP contribution >= 0.6 is 0 Å². The van der Waals surface area contributed by atoms with E-state index in [0.29, 0.717) is 0 Å². The molecule has 0 spiro atoms. The summed E-state index contributed by atoms with van der Waals surface area (Å²) in [7, 11) is 0. The van der Waals surface area contributed by atoms with Gasteiger partial charge in [-0.3, -0.25) is 9.59 Å². The lowest BCUT2D eigenvalue weighted by Crippen LogP contribution is -2.16. The summed E-state index contributed by atoms with van der Waals surface area (Å²) in [5, 5.41) is 16.8. The minimum absolute atomic E-state index is 0.0362. The van der Waals surface area contributed by atoms with E-state index in [1.54, 1.807) is 13.8 Å². The Balaban J connectivity index is 3.83. The molecule has 12 heavy (non-hydrogen) atoms. The summed E-state index contributed by atoms with van der Waals surface area (Å²) in [6.45, 7) is 3.50. The van der Waals surface area contributed by atoms with Gasteiger partial charge in [0.15, 0.2) is 0 Å². The monoisotopic (exact) mass is 174 g/mol. The van der Waals surface area contributed by atoms with Crippen LogP contribution in [0.25, 0.3) is 0 Å². The van der Waals surface area contributed by atoms with Gasteiger partial charge in [0, 0.05) is 12.8 Å². The molecule has 0 radical (unpaired) electrons. The summed E-state index contributed by atoms with van der Waals surface area (Å²) in [4.78, 5) is 20.5. The van der Waals surface area contributed by atoms with Crippen LogP contribution in [-0.4, -0.2) is 22.2 Å². The molecule has 0 amide bonds. The van der Waals surface area contributed by atoms with Gasteiger partial charge in [0.1, 0.15) is 0 Å². The number of carboxylic acids is 2. The molecular weight excluding hydrogens is 160 g/mol. The number of hydrogen-bond donors (Lipinski definition) is 2. The molecule has 0 fully saturated rings. The summed E-state index contributed by atoms with van der Waals surface area (Å²) in [5.41, 5.74) is 0. The molecule has 0 heterocycles. The van der Waals surface area contributed by atoms with E-state index in [1.807, 2.05) is 0 Å². The molecule has 0 aromatic rings. The number of carboxylic acid groups (broad SMARTS) is 2. The molecule has 0 aliphatic heterocycles. The highest BCUT2D eigenvalue weighted by Gasteiger charge is 2.17.